The normalized spacial score (nSPS) is 27.4. The highest BCUT2D eigenvalue weighted by molar-refractivity contribution is 5.86. The predicted molar refractivity (Wildman–Crippen MR) is 102 cm³/mol. The Morgan fingerprint density at radius 1 is 1.39 bits per heavy atom. The third-order valence-corrected chi connectivity index (χ3v) is 5.18. The lowest BCUT2D eigenvalue weighted by atomic mass is 9.96. The third kappa shape index (κ3) is 3.82. The van der Waals surface area contributed by atoms with Crippen LogP contribution in [0.5, 0.6) is 0 Å². The first-order valence-corrected chi connectivity index (χ1v) is 9.65. The lowest BCUT2D eigenvalue weighted by Gasteiger charge is -2.30. The molecule has 0 saturated carbocycles. The van der Waals surface area contributed by atoms with Gasteiger partial charge in [0.25, 0.3) is 0 Å². The average molecular weight is 392 g/mol. The number of esters is 1. The Labute approximate surface area is 163 Å². The van der Waals surface area contributed by atoms with Crippen molar-refractivity contribution < 1.29 is 24.5 Å². The van der Waals surface area contributed by atoms with Crippen molar-refractivity contribution >= 4 is 22.8 Å². The maximum atomic E-state index is 12.2. The molecule has 0 aromatic carbocycles. The average Bonchev–Trinajstić information content (AvgIpc) is 3.19. The van der Waals surface area contributed by atoms with Crippen LogP contribution in [0.1, 0.15) is 52.2 Å². The van der Waals surface area contributed by atoms with Crippen molar-refractivity contribution in [3.05, 3.63) is 18.6 Å². The zero-order valence-corrected chi connectivity index (χ0v) is 16.2. The number of nitrogens with zero attached hydrogens (tertiary/aromatic N) is 3. The molecule has 9 heteroatoms. The minimum absolute atomic E-state index is 0.269. The second-order valence-corrected chi connectivity index (χ2v) is 7.38. The Kier molecular flexibility index (Phi) is 6.17. The number of nitrogens with two attached hydrogens (primary N) is 1. The van der Waals surface area contributed by atoms with Gasteiger partial charge in [0.1, 0.15) is 29.5 Å². The van der Waals surface area contributed by atoms with Gasteiger partial charge in [-0.15, -0.1) is 0 Å². The summed E-state index contributed by atoms with van der Waals surface area (Å²) in [6.07, 6.45) is 4.33. The minimum atomic E-state index is -1.57. The molecule has 4 N–H and O–H groups in total. The highest BCUT2D eigenvalue weighted by Crippen LogP contribution is 2.41. The first-order chi connectivity index (χ1) is 13.4. The van der Waals surface area contributed by atoms with E-state index in [-0.39, 0.29) is 6.42 Å². The first kappa shape index (κ1) is 20.5. The van der Waals surface area contributed by atoms with Gasteiger partial charge in [0, 0.05) is 12.6 Å². The van der Waals surface area contributed by atoms with Crippen LogP contribution < -0.4 is 5.73 Å². The van der Waals surface area contributed by atoms with E-state index in [9.17, 15) is 15.0 Å². The molecule has 0 unspecified atom stereocenters. The summed E-state index contributed by atoms with van der Waals surface area (Å²) in [6.45, 7) is 3.23. The van der Waals surface area contributed by atoms with Crippen molar-refractivity contribution in [1.29, 1.82) is 0 Å². The number of hydrogen-bond acceptors (Lipinski definition) is 8. The van der Waals surface area contributed by atoms with Gasteiger partial charge < -0.3 is 30.0 Å². The summed E-state index contributed by atoms with van der Waals surface area (Å²) in [5.74, 6) is -0.0943. The third-order valence-electron chi connectivity index (χ3n) is 5.18. The van der Waals surface area contributed by atoms with Crippen LogP contribution in [0.15, 0.2) is 18.6 Å². The molecule has 1 aliphatic heterocycles. The Morgan fingerprint density at radius 3 is 2.89 bits per heavy atom. The molecule has 0 spiro atoms. The highest BCUT2D eigenvalue weighted by Gasteiger charge is 2.56. The van der Waals surface area contributed by atoms with Crippen LogP contribution in [0.3, 0.4) is 0 Å². The molecule has 4 atom stereocenters. The fourth-order valence-corrected chi connectivity index (χ4v) is 3.65. The maximum absolute atomic E-state index is 12.2. The zero-order chi connectivity index (χ0) is 20.3. The van der Waals surface area contributed by atoms with Gasteiger partial charge in [0.15, 0.2) is 12.3 Å². The molecular formula is C19H28N4O5. The quantitative estimate of drug-likeness (QED) is 0.455. The first-order valence-electron chi connectivity index (χ1n) is 9.65. The minimum Gasteiger partial charge on any atom is -0.456 e. The van der Waals surface area contributed by atoms with Crippen molar-refractivity contribution in [2.75, 3.05) is 12.3 Å². The summed E-state index contributed by atoms with van der Waals surface area (Å²) in [4.78, 5) is 20.4. The molecule has 1 saturated heterocycles. The number of aromatic nitrogens is 3. The summed E-state index contributed by atoms with van der Waals surface area (Å²) in [5, 5.41) is 21.5. The van der Waals surface area contributed by atoms with Gasteiger partial charge >= 0.3 is 5.97 Å². The monoisotopic (exact) mass is 392 g/mol. The number of carbonyl (C=O) groups is 1. The van der Waals surface area contributed by atoms with Crippen LogP contribution in [0.2, 0.25) is 0 Å². The van der Waals surface area contributed by atoms with Crippen molar-refractivity contribution in [3.8, 4) is 0 Å². The maximum Gasteiger partial charge on any atom is 0.306 e. The second kappa shape index (κ2) is 8.42. The number of rotatable bonds is 8. The summed E-state index contributed by atoms with van der Waals surface area (Å²) in [6, 6.07) is 1.73. The number of aliphatic hydroxyl groups excluding tert-OH is 1. The lowest BCUT2D eigenvalue weighted by molar-refractivity contribution is -0.164. The smallest absolute Gasteiger partial charge is 0.306 e. The van der Waals surface area contributed by atoms with Gasteiger partial charge in [-0.1, -0.05) is 26.2 Å². The summed E-state index contributed by atoms with van der Waals surface area (Å²) < 4.78 is 13.0. The second-order valence-electron chi connectivity index (χ2n) is 7.38. The molecule has 3 heterocycles. The lowest BCUT2D eigenvalue weighted by Crippen LogP contribution is -2.47. The molecule has 1 fully saturated rings. The van der Waals surface area contributed by atoms with Crippen molar-refractivity contribution in [3.63, 3.8) is 0 Å². The Bertz CT molecular complexity index is 822. The van der Waals surface area contributed by atoms with E-state index in [1.807, 2.05) is 0 Å². The Balaban J connectivity index is 1.79. The van der Waals surface area contributed by atoms with Crippen LogP contribution >= 0.6 is 0 Å². The van der Waals surface area contributed by atoms with E-state index in [0.717, 1.165) is 25.7 Å². The Morgan fingerprint density at radius 2 is 2.18 bits per heavy atom. The van der Waals surface area contributed by atoms with E-state index in [1.54, 1.807) is 16.8 Å². The van der Waals surface area contributed by atoms with E-state index >= 15 is 0 Å². The van der Waals surface area contributed by atoms with Gasteiger partial charge in [-0.2, -0.15) is 0 Å². The van der Waals surface area contributed by atoms with Crippen molar-refractivity contribution in [2.45, 2.75) is 70.0 Å². The number of fused-ring (bicyclic) bond motifs is 1. The number of hydrogen-bond donors (Lipinski definition) is 3. The van der Waals surface area contributed by atoms with Crippen LogP contribution in [0, 0.1) is 0 Å². The van der Waals surface area contributed by atoms with E-state index in [0.29, 0.717) is 16.9 Å². The number of aliphatic hydroxyl groups is 2. The molecule has 0 amide bonds. The number of carbonyl (C=O) groups excluding carboxylic acids is 1. The number of nitrogen functional groups attached to an aromatic ring is 1. The molecule has 2 aromatic heterocycles. The largest absolute Gasteiger partial charge is 0.456 e. The van der Waals surface area contributed by atoms with E-state index in [1.165, 1.54) is 13.3 Å². The van der Waals surface area contributed by atoms with Crippen LogP contribution in [0.25, 0.3) is 11.0 Å². The molecule has 0 radical (unpaired) electrons. The molecule has 3 rings (SSSR count). The highest BCUT2D eigenvalue weighted by atomic mass is 16.6. The fourth-order valence-electron chi connectivity index (χ4n) is 3.65. The van der Waals surface area contributed by atoms with E-state index < -0.39 is 36.6 Å². The van der Waals surface area contributed by atoms with Gasteiger partial charge in [0.05, 0.1) is 12.0 Å². The standard InChI is InChI=1S/C19H28N4O5/c1-3-4-5-6-7-14(25)28-15-13(10-24)27-18(19(15,2)26)23-9-8-12-16(20)21-11-22-17(12)23/h8-9,11,13,15,18,24,26H,3-7,10H2,1-2H3,(H2,20,21,22)/t13-,15-,18-,19-/m1/s1. The van der Waals surface area contributed by atoms with Gasteiger partial charge in [-0.05, 0) is 19.4 Å². The van der Waals surface area contributed by atoms with Crippen LogP contribution in [0.4, 0.5) is 5.82 Å². The number of ether oxygens (including phenoxy) is 2. The van der Waals surface area contributed by atoms with Gasteiger partial charge in [-0.3, -0.25) is 4.79 Å². The predicted octanol–water partition coefficient (Wildman–Crippen LogP) is 1.54. The fraction of sp³-hybridized carbons (Fsp3) is 0.632. The van der Waals surface area contributed by atoms with E-state index in [2.05, 4.69) is 16.9 Å². The summed E-state index contributed by atoms with van der Waals surface area (Å²) in [5.41, 5.74) is 4.79. The zero-order valence-electron chi connectivity index (χ0n) is 16.2. The topological polar surface area (TPSA) is 133 Å². The number of unbranched alkanes of at least 4 members (excludes halogenated alkanes) is 3. The van der Waals surface area contributed by atoms with Crippen LogP contribution in [-0.4, -0.2) is 55.1 Å². The summed E-state index contributed by atoms with van der Waals surface area (Å²) in [7, 11) is 0. The molecular weight excluding hydrogens is 364 g/mol. The molecule has 0 bridgehead atoms. The number of anilines is 1. The molecule has 1 aliphatic rings. The SMILES string of the molecule is CCCCCCC(=O)O[C@@H]1[C@@H](CO)O[C@@H](n2ccc3c(N)ncnc32)[C@]1(C)O. The molecule has 28 heavy (non-hydrogen) atoms. The van der Waals surface area contributed by atoms with Crippen molar-refractivity contribution in [2.24, 2.45) is 0 Å². The van der Waals surface area contributed by atoms with Crippen molar-refractivity contribution in [1.82, 2.24) is 14.5 Å². The summed E-state index contributed by atoms with van der Waals surface area (Å²) >= 11 is 0. The Hall–Kier alpha value is -2.23. The molecule has 2 aromatic rings. The molecule has 154 valence electrons. The molecule has 0 aliphatic carbocycles. The van der Waals surface area contributed by atoms with E-state index in [4.69, 9.17) is 15.2 Å². The van der Waals surface area contributed by atoms with Gasteiger partial charge in [-0.25, -0.2) is 9.97 Å². The van der Waals surface area contributed by atoms with Crippen LogP contribution in [-0.2, 0) is 14.3 Å². The van der Waals surface area contributed by atoms with Gasteiger partial charge in [0.2, 0.25) is 0 Å². The molecule has 9 nitrogen and oxygen atoms in total.